The highest BCUT2D eigenvalue weighted by molar-refractivity contribution is 6.32. The van der Waals surface area contributed by atoms with Gasteiger partial charge in [0.25, 0.3) is 5.91 Å². The van der Waals surface area contributed by atoms with Crippen molar-refractivity contribution >= 4 is 40.2 Å². The van der Waals surface area contributed by atoms with Gasteiger partial charge in [0.2, 0.25) is 11.8 Å². The first kappa shape index (κ1) is 29.2. The Morgan fingerprint density at radius 2 is 1.91 bits per heavy atom. The maximum Gasteiger partial charge on any atom is 0.257 e. The lowest BCUT2D eigenvalue weighted by atomic mass is 10.0. The minimum atomic E-state index is -0.814. The molecular weight excluding hydrogens is 625 g/mol. The van der Waals surface area contributed by atoms with Crippen molar-refractivity contribution in [1.82, 2.24) is 34.7 Å². The van der Waals surface area contributed by atoms with Crippen molar-refractivity contribution in [3.05, 3.63) is 95.7 Å². The highest BCUT2D eigenvalue weighted by atomic mass is 35.5. The molecule has 8 rings (SSSR count). The SMILES string of the molecule is O=C1NC2CCN(C2)C(=O)Cn2cc3c(cccc3n2)-c2cccc(c2)O[C@H]2C[C@@H]1N(C(=O)c1cnn(-c3ccc(F)cc3Cl)c1)C2. The fraction of sp³-hybridized carbons (Fsp3) is 0.265. The molecule has 2 saturated heterocycles. The van der Waals surface area contributed by atoms with Crippen LogP contribution in [0.1, 0.15) is 23.2 Å². The smallest absolute Gasteiger partial charge is 0.257 e. The van der Waals surface area contributed by atoms with Gasteiger partial charge in [0.15, 0.2) is 0 Å². The zero-order chi connectivity index (χ0) is 32.2. The number of nitrogens with zero attached hydrogens (tertiary/aromatic N) is 6. The largest absolute Gasteiger partial charge is 0.488 e. The third-order valence-electron chi connectivity index (χ3n) is 9.04. The summed E-state index contributed by atoms with van der Waals surface area (Å²) in [4.78, 5) is 44.3. The predicted octanol–water partition coefficient (Wildman–Crippen LogP) is 4.07. The quantitative estimate of drug-likeness (QED) is 0.307. The number of likely N-dealkylation sites (tertiary alicyclic amines) is 1. The van der Waals surface area contributed by atoms with Crippen molar-refractivity contribution < 1.29 is 23.5 Å². The third kappa shape index (κ3) is 5.48. The number of carbonyl (C=O) groups is 3. The zero-order valence-electron chi connectivity index (χ0n) is 25.1. The molecule has 3 aliphatic heterocycles. The molecule has 1 N–H and O–H groups in total. The normalized spacial score (nSPS) is 21.1. The third-order valence-corrected chi connectivity index (χ3v) is 9.34. The summed E-state index contributed by atoms with van der Waals surface area (Å²) in [5.41, 5.74) is 3.30. The molecule has 47 heavy (non-hydrogen) atoms. The summed E-state index contributed by atoms with van der Waals surface area (Å²) in [7, 11) is 0. The van der Waals surface area contributed by atoms with Crippen molar-refractivity contribution in [3.8, 4) is 22.6 Å². The van der Waals surface area contributed by atoms with Crippen molar-refractivity contribution in [2.24, 2.45) is 0 Å². The Morgan fingerprint density at radius 1 is 1.04 bits per heavy atom. The molecule has 3 aliphatic rings. The van der Waals surface area contributed by atoms with E-state index in [-0.39, 0.29) is 48.0 Å². The Balaban J connectivity index is 1.13. The maximum absolute atomic E-state index is 14.0. The van der Waals surface area contributed by atoms with E-state index >= 15 is 0 Å². The molecule has 0 radical (unpaired) electrons. The first-order valence-corrected chi connectivity index (χ1v) is 15.8. The minimum absolute atomic E-state index is 0.0800. The van der Waals surface area contributed by atoms with Crippen LogP contribution < -0.4 is 10.1 Å². The van der Waals surface area contributed by atoms with Crippen LogP contribution in [0.15, 0.2) is 79.3 Å². The zero-order valence-corrected chi connectivity index (χ0v) is 25.8. The van der Waals surface area contributed by atoms with Gasteiger partial charge in [-0.2, -0.15) is 10.2 Å². The Morgan fingerprint density at radius 3 is 2.79 bits per heavy atom. The molecule has 13 heteroatoms. The van der Waals surface area contributed by atoms with Crippen LogP contribution in [-0.4, -0.2) is 84.9 Å². The van der Waals surface area contributed by atoms with Crippen LogP contribution in [0.25, 0.3) is 27.7 Å². The molecule has 0 saturated carbocycles. The molecule has 3 aromatic carbocycles. The second kappa shape index (κ2) is 11.5. The molecule has 3 amide bonds. The van der Waals surface area contributed by atoms with Crippen LogP contribution in [-0.2, 0) is 16.1 Å². The lowest BCUT2D eigenvalue weighted by molar-refractivity contribution is -0.131. The highest BCUT2D eigenvalue weighted by Crippen LogP contribution is 2.33. The van der Waals surface area contributed by atoms with E-state index in [4.69, 9.17) is 16.3 Å². The highest BCUT2D eigenvalue weighted by Gasteiger charge is 2.42. The Bertz CT molecular complexity index is 2060. The first-order valence-electron chi connectivity index (χ1n) is 15.4. The number of fused-ring (bicyclic) bond motifs is 8. The summed E-state index contributed by atoms with van der Waals surface area (Å²) >= 11 is 6.23. The topological polar surface area (TPSA) is 115 Å². The van der Waals surface area contributed by atoms with E-state index < -0.39 is 23.9 Å². The number of carbonyl (C=O) groups excluding carboxylic acids is 3. The molecule has 2 fully saturated rings. The molecule has 8 bridgehead atoms. The maximum atomic E-state index is 14.0. The van der Waals surface area contributed by atoms with Crippen LogP contribution in [0.4, 0.5) is 4.39 Å². The standard InChI is InChI=1S/C34H29ClFN7O4/c35-28-12-22(36)7-8-30(28)43-15-21(14-37-43)34(46)42-17-25-13-31(42)33(45)38-23-9-10-40(16-23)32(44)19-41-18-27-26(5-2-6-29(27)39-41)20-3-1-4-24(11-20)47-25/h1-8,11-12,14-15,18,23,25,31H,9-10,13,16-17,19H2,(H,38,45)/t23?,25-,31-/m0/s1. The summed E-state index contributed by atoms with van der Waals surface area (Å²) in [6.07, 6.45) is 5.21. The van der Waals surface area contributed by atoms with Crippen molar-refractivity contribution in [2.45, 2.75) is 37.6 Å². The van der Waals surface area contributed by atoms with Crippen LogP contribution in [0.3, 0.4) is 0 Å². The van der Waals surface area contributed by atoms with Crippen LogP contribution in [0.5, 0.6) is 5.75 Å². The average Bonchev–Trinajstić information content (AvgIpc) is 3.86. The van der Waals surface area contributed by atoms with E-state index in [1.807, 2.05) is 48.7 Å². The fourth-order valence-electron chi connectivity index (χ4n) is 6.75. The summed E-state index contributed by atoms with van der Waals surface area (Å²) in [5.74, 6) is -0.668. The number of benzene rings is 3. The van der Waals surface area contributed by atoms with Gasteiger partial charge in [0.05, 0.1) is 34.5 Å². The molecule has 0 aliphatic carbocycles. The number of ether oxygens (including phenoxy) is 1. The van der Waals surface area contributed by atoms with Gasteiger partial charge in [-0.3, -0.25) is 19.1 Å². The minimum Gasteiger partial charge on any atom is -0.488 e. The molecule has 5 heterocycles. The molecule has 5 aromatic rings. The Labute approximate surface area is 273 Å². The van der Waals surface area contributed by atoms with Gasteiger partial charge in [-0.05, 0) is 53.9 Å². The molecule has 2 aromatic heterocycles. The number of amides is 3. The predicted molar refractivity (Wildman–Crippen MR) is 171 cm³/mol. The van der Waals surface area contributed by atoms with Gasteiger partial charge >= 0.3 is 0 Å². The second-order valence-corrected chi connectivity index (χ2v) is 12.6. The number of halogens is 2. The Kier molecular flexibility index (Phi) is 7.16. The average molecular weight is 654 g/mol. The van der Waals surface area contributed by atoms with Gasteiger partial charge < -0.3 is 19.9 Å². The fourth-order valence-corrected chi connectivity index (χ4v) is 7.00. The Hall–Kier alpha value is -5.23. The molecule has 3 atom stereocenters. The molecule has 0 spiro atoms. The van der Waals surface area contributed by atoms with E-state index in [0.717, 1.165) is 22.0 Å². The van der Waals surface area contributed by atoms with Gasteiger partial charge in [0.1, 0.15) is 30.3 Å². The molecule has 238 valence electrons. The lowest BCUT2D eigenvalue weighted by Crippen LogP contribution is -2.49. The van der Waals surface area contributed by atoms with Crippen LogP contribution in [0, 0.1) is 5.82 Å². The number of hydrogen-bond donors (Lipinski definition) is 1. The number of rotatable bonds is 2. The van der Waals surface area contributed by atoms with E-state index in [1.54, 1.807) is 9.58 Å². The monoisotopic (exact) mass is 653 g/mol. The molecular formula is C34H29ClFN7O4. The van der Waals surface area contributed by atoms with E-state index in [9.17, 15) is 18.8 Å². The first-order chi connectivity index (χ1) is 22.8. The number of nitrogens with one attached hydrogen (secondary N) is 1. The summed E-state index contributed by atoms with van der Waals surface area (Å²) in [5, 5.41) is 13.1. The van der Waals surface area contributed by atoms with E-state index in [2.05, 4.69) is 15.5 Å². The second-order valence-electron chi connectivity index (χ2n) is 12.1. The molecule has 1 unspecified atom stereocenters. The van der Waals surface area contributed by atoms with Gasteiger partial charge in [-0.25, -0.2) is 9.07 Å². The summed E-state index contributed by atoms with van der Waals surface area (Å²) in [6, 6.07) is 16.4. The van der Waals surface area contributed by atoms with Gasteiger partial charge in [-0.15, -0.1) is 0 Å². The lowest BCUT2D eigenvalue weighted by Gasteiger charge is -2.25. The summed E-state index contributed by atoms with van der Waals surface area (Å²) in [6.45, 7) is 1.13. The summed E-state index contributed by atoms with van der Waals surface area (Å²) < 4.78 is 23.1. The van der Waals surface area contributed by atoms with Crippen LogP contribution in [0.2, 0.25) is 5.02 Å². The van der Waals surface area contributed by atoms with Gasteiger partial charge in [-0.1, -0.05) is 35.9 Å². The number of hydrogen-bond acceptors (Lipinski definition) is 6. The van der Waals surface area contributed by atoms with Crippen molar-refractivity contribution in [2.75, 3.05) is 19.6 Å². The van der Waals surface area contributed by atoms with E-state index in [0.29, 0.717) is 30.9 Å². The van der Waals surface area contributed by atoms with Gasteiger partial charge in [0, 0.05) is 43.3 Å². The van der Waals surface area contributed by atoms with Crippen molar-refractivity contribution in [1.29, 1.82) is 0 Å². The molecule has 11 nitrogen and oxygen atoms in total. The van der Waals surface area contributed by atoms with Crippen LogP contribution >= 0.6 is 11.6 Å². The number of aromatic nitrogens is 4. The van der Waals surface area contributed by atoms with E-state index in [1.165, 1.54) is 40.2 Å². The van der Waals surface area contributed by atoms with Crippen molar-refractivity contribution in [3.63, 3.8) is 0 Å².